The molecule has 3 aromatic rings. The average molecular weight is 699 g/mol. The molecule has 1 fully saturated rings. The molecule has 0 radical (unpaired) electrons. The van der Waals surface area contributed by atoms with Gasteiger partial charge in [-0.2, -0.15) is 4.31 Å². The smallest absolute Gasteiger partial charge is 0.497 e. The van der Waals surface area contributed by atoms with Gasteiger partial charge >= 0.3 is 12.3 Å². The van der Waals surface area contributed by atoms with Crippen molar-refractivity contribution in [3.63, 3.8) is 0 Å². The number of likely N-dealkylation sites (tertiary alicyclic amines) is 1. The molecule has 0 bridgehead atoms. The summed E-state index contributed by atoms with van der Waals surface area (Å²) in [4.78, 5) is 27.9. The molecule has 11 nitrogen and oxygen atoms in total. The summed E-state index contributed by atoms with van der Waals surface area (Å²) < 4.78 is 84.6. The Morgan fingerprint density at radius 3 is 2.38 bits per heavy atom. The number of anilines is 1. The molecule has 0 spiro atoms. The number of alkyl halides is 3. The van der Waals surface area contributed by atoms with Crippen molar-refractivity contribution >= 4 is 39.1 Å². The molecule has 3 aromatic carbocycles. The predicted molar refractivity (Wildman–Crippen MR) is 164 cm³/mol. The van der Waals surface area contributed by atoms with Gasteiger partial charge < -0.3 is 24.6 Å². The monoisotopic (exact) mass is 698 g/mol. The Hall–Kier alpha value is -4.05. The first-order valence-corrected chi connectivity index (χ1v) is 16.0. The van der Waals surface area contributed by atoms with Gasteiger partial charge in [0, 0.05) is 24.6 Å². The van der Waals surface area contributed by atoms with E-state index in [0.717, 1.165) is 18.2 Å². The van der Waals surface area contributed by atoms with Crippen molar-refractivity contribution in [2.45, 2.75) is 42.3 Å². The van der Waals surface area contributed by atoms with E-state index >= 15 is 4.79 Å². The number of aliphatic hydroxyl groups is 1. The summed E-state index contributed by atoms with van der Waals surface area (Å²) in [5.74, 6) is -2.80. The van der Waals surface area contributed by atoms with Gasteiger partial charge in [-0.05, 0) is 49.4 Å². The van der Waals surface area contributed by atoms with E-state index in [1.54, 1.807) is 32.2 Å². The lowest BCUT2D eigenvalue weighted by Crippen LogP contribution is -2.69. The van der Waals surface area contributed by atoms with Crippen LogP contribution in [0.1, 0.15) is 23.1 Å². The lowest BCUT2D eigenvalue weighted by molar-refractivity contribution is -0.953. The first-order chi connectivity index (χ1) is 22.0. The minimum absolute atomic E-state index is 0.0276. The normalized spacial score (nSPS) is 24.2. The third-order valence-corrected chi connectivity index (χ3v) is 10.8. The number of benzene rings is 3. The number of methoxy groups -OCH3 is 2. The number of hydrogen-bond acceptors (Lipinski definition) is 8. The second kappa shape index (κ2) is 11.9. The first kappa shape index (κ1) is 34.3. The zero-order valence-corrected chi connectivity index (χ0v) is 27.5. The van der Waals surface area contributed by atoms with Gasteiger partial charge in [0.05, 0.1) is 38.1 Å². The number of fused-ring (bicyclic) bond motifs is 1. The lowest BCUT2D eigenvalue weighted by Gasteiger charge is -2.48. The number of ether oxygens (including phenoxy) is 3. The Bertz CT molecular complexity index is 1870. The lowest BCUT2D eigenvalue weighted by atomic mass is 9.78. The SMILES string of the molecule is CNC(=O)[C@H]1C[C@@H](O)C[N+]1(C)C1(c2cc(C)ccc2OC)C(=O)N(S(=O)(=O)c2ccc(OC)cc2OC(F)(F)F)c2ccc(Cl)cc21. The van der Waals surface area contributed by atoms with E-state index in [0.29, 0.717) is 9.87 Å². The third-order valence-electron chi connectivity index (χ3n) is 8.79. The number of amides is 2. The second-order valence-corrected chi connectivity index (χ2v) is 13.7. The zero-order chi connectivity index (χ0) is 34.7. The molecule has 1 saturated heterocycles. The van der Waals surface area contributed by atoms with E-state index in [1.165, 1.54) is 39.5 Å². The fourth-order valence-corrected chi connectivity index (χ4v) is 8.62. The van der Waals surface area contributed by atoms with Crippen LogP contribution >= 0.6 is 11.6 Å². The van der Waals surface area contributed by atoms with Crippen LogP contribution in [0.25, 0.3) is 0 Å². The topological polar surface area (TPSA) is 131 Å². The number of sulfonamides is 1. The molecule has 5 rings (SSSR count). The largest absolute Gasteiger partial charge is 0.573 e. The Kier molecular flexibility index (Phi) is 8.67. The molecule has 0 aliphatic carbocycles. The summed E-state index contributed by atoms with van der Waals surface area (Å²) in [6.07, 6.45) is -6.50. The molecule has 4 atom stereocenters. The molecule has 16 heteroatoms. The molecule has 2 N–H and O–H groups in total. The minimum atomic E-state index is -5.30. The highest BCUT2D eigenvalue weighted by atomic mass is 35.5. The van der Waals surface area contributed by atoms with E-state index in [4.69, 9.17) is 21.1 Å². The second-order valence-electron chi connectivity index (χ2n) is 11.5. The van der Waals surface area contributed by atoms with Crippen LogP contribution in [0, 0.1) is 6.92 Å². The quantitative estimate of drug-likeness (QED) is 0.339. The van der Waals surface area contributed by atoms with E-state index < -0.39 is 61.0 Å². The molecular formula is C31H32ClF3N3O8S+. The van der Waals surface area contributed by atoms with Crippen molar-refractivity contribution in [2.75, 3.05) is 39.2 Å². The standard InChI is InChI=1S/C31H31ClF3N3O8S/c1-17-6-10-25(45-5)22(12-17)30(38(3)16-19(39)14-24(38)28(40)36-2)21-13-18(32)7-9-23(21)37(29(30)41)47(42,43)27-11-8-20(44-4)15-26(27)46-31(33,34)35/h6-13,15,19,24,39H,14,16H2,1-5H3/p+1/t19-,24-,30?,38?/m1/s1. The maximum atomic E-state index is 15.4. The minimum Gasteiger partial charge on any atom is -0.497 e. The fraction of sp³-hybridized carbons (Fsp3) is 0.355. The number of nitrogens with zero attached hydrogens (tertiary/aromatic N) is 2. The number of carbonyl (C=O) groups is 2. The number of likely N-dealkylation sites (N-methyl/N-ethyl adjacent to an activating group) is 2. The number of aryl methyl sites for hydroxylation is 1. The number of carbonyl (C=O) groups excluding carboxylic acids is 2. The Morgan fingerprint density at radius 2 is 1.77 bits per heavy atom. The van der Waals surface area contributed by atoms with Crippen LogP contribution in [0.3, 0.4) is 0 Å². The molecule has 2 heterocycles. The van der Waals surface area contributed by atoms with Gasteiger partial charge in [-0.1, -0.05) is 23.2 Å². The molecule has 2 aliphatic rings. The van der Waals surface area contributed by atoms with Crippen molar-refractivity contribution in [1.29, 1.82) is 0 Å². The van der Waals surface area contributed by atoms with Crippen molar-refractivity contribution in [3.8, 4) is 17.2 Å². The van der Waals surface area contributed by atoms with Gasteiger partial charge in [0.2, 0.25) is 5.54 Å². The van der Waals surface area contributed by atoms with Crippen LogP contribution in [-0.2, 0) is 25.2 Å². The molecule has 2 aliphatic heterocycles. The van der Waals surface area contributed by atoms with Crippen LogP contribution in [0.4, 0.5) is 18.9 Å². The number of halogens is 4. The van der Waals surface area contributed by atoms with Crippen LogP contribution in [0.15, 0.2) is 59.5 Å². The Morgan fingerprint density at radius 1 is 1.06 bits per heavy atom. The Balaban J connectivity index is 1.91. The maximum Gasteiger partial charge on any atom is 0.573 e. The summed E-state index contributed by atoms with van der Waals surface area (Å²) in [7, 11) is 0.238. The molecule has 0 aromatic heterocycles. The molecule has 0 saturated carbocycles. The zero-order valence-electron chi connectivity index (χ0n) is 25.9. The molecule has 252 valence electrons. The maximum absolute atomic E-state index is 15.4. The third kappa shape index (κ3) is 5.34. The van der Waals surface area contributed by atoms with E-state index in [9.17, 15) is 31.5 Å². The van der Waals surface area contributed by atoms with Crippen molar-refractivity contribution in [3.05, 3.63) is 76.3 Å². The number of hydrogen-bond donors (Lipinski definition) is 2. The first-order valence-electron chi connectivity index (χ1n) is 14.2. The molecule has 2 amide bonds. The van der Waals surface area contributed by atoms with Crippen LogP contribution in [-0.4, -0.2) is 83.2 Å². The Labute approximate surface area is 274 Å². The van der Waals surface area contributed by atoms with Gasteiger partial charge in [-0.15, -0.1) is 13.2 Å². The summed E-state index contributed by atoms with van der Waals surface area (Å²) in [5.41, 5.74) is -1.56. The van der Waals surface area contributed by atoms with Crippen LogP contribution in [0.2, 0.25) is 5.02 Å². The number of nitrogens with one attached hydrogen (secondary N) is 1. The van der Waals surface area contributed by atoms with Crippen molar-refractivity contribution in [2.24, 2.45) is 0 Å². The van der Waals surface area contributed by atoms with Crippen LogP contribution < -0.4 is 23.8 Å². The van der Waals surface area contributed by atoms with Gasteiger partial charge in [-0.3, -0.25) is 14.1 Å². The van der Waals surface area contributed by atoms with E-state index in [2.05, 4.69) is 10.1 Å². The van der Waals surface area contributed by atoms with Crippen molar-refractivity contribution < 1.29 is 55.0 Å². The van der Waals surface area contributed by atoms with Crippen LogP contribution in [0.5, 0.6) is 17.2 Å². The average Bonchev–Trinajstić information content (AvgIpc) is 3.46. The number of aliphatic hydroxyl groups excluding tert-OH is 1. The van der Waals surface area contributed by atoms with Gasteiger partial charge in [0.15, 0.2) is 11.8 Å². The summed E-state index contributed by atoms with van der Waals surface area (Å²) in [6, 6.07) is 10.5. The van der Waals surface area contributed by atoms with E-state index in [1.807, 2.05) is 0 Å². The van der Waals surface area contributed by atoms with Gasteiger partial charge in [-0.25, -0.2) is 8.42 Å². The summed E-state index contributed by atoms with van der Waals surface area (Å²) >= 11 is 6.50. The van der Waals surface area contributed by atoms with Crippen molar-refractivity contribution in [1.82, 2.24) is 5.32 Å². The predicted octanol–water partition coefficient (Wildman–Crippen LogP) is 3.87. The molecule has 47 heavy (non-hydrogen) atoms. The fourth-order valence-electron chi connectivity index (χ4n) is 6.88. The number of quaternary nitrogens is 1. The number of rotatable bonds is 8. The van der Waals surface area contributed by atoms with E-state index in [-0.39, 0.29) is 46.3 Å². The highest BCUT2D eigenvalue weighted by molar-refractivity contribution is 7.93. The van der Waals surface area contributed by atoms with Gasteiger partial charge in [0.1, 0.15) is 29.0 Å². The summed E-state index contributed by atoms with van der Waals surface area (Å²) in [5, 5.41) is 13.7. The summed E-state index contributed by atoms with van der Waals surface area (Å²) in [6.45, 7) is 1.53. The van der Waals surface area contributed by atoms with Gasteiger partial charge in [0.25, 0.3) is 15.9 Å². The molecule has 2 unspecified atom stereocenters. The molecular weight excluding hydrogens is 667 g/mol. The highest BCUT2D eigenvalue weighted by Crippen LogP contribution is 2.58. The highest BCUT2D eigenvalue weighted by Gasteiger charge is 2.72.